The van der Waals surface area contributed by atoms with E-state index in [4.69, 9.17) is 38.7 Å². The predicted molar refractivity (Wildman–Crippen MR) is 141 cm³/mol. The number of hydrogen-bond acceptors (Lipinski definition) is 5. The van der Waals surface area contributed by atoms with Gasteiger partial charge in [0.25, 0.3) is 5.91 Å². The number of nitrogens with zero attached hydrogens (tertiary/aromatic N) is 1. The van der Waals surface area contributed by atoms with Crippen LogP contribution in [0.4, 0.5) is 4.79 Å². The van der Waals surface area contributed by atoms with E-state index in [1.165, 1.54) is 0 Å². The molecule has 1 unspecified atom stereocenters. The summed E-state index contributed by atoms with van der Waals surface area (Å²) in [4.78, 5) is 42.2. The van der Waals surface area contributed by atoms with Crippen LogP contribution >= 0.6 is 23.2 Å². The van der Waals surface area contributed by atoms with Crippen molar-refractivity contribution in [1.82, 2.24) is 10.3 Å². The summed E-state index contributed by atoms with van der Waals surface area (Å²) in [6.07, 6.45) is 2.88. The second kappa shape index (κ2) is 10.7. The Labute approximate surface area is 218 Å². The summed E-state index contributed by atoms with van der Waals surface area (Å²) in [5, 5.41) is 3.52. The van der Waals surface area contributed by atoms with Crippen molar-refractivity contribution in [2.24, 2.45) is 11.7 Å². The van der Waals surface area contributed by atoms with Gasteiger partial charge in [0.1, 0.15) is 0 Å². The van der Waals surface area contributed by atoms with Gasteiger partial charge in [0.05, 0.1) is 26.8 Å². The van der Waals surface area contributed by atoms with Crippen LogP contribution in [0, 0.1) is 5.92 Å². The first kappa shape index (κ1) is 25.7. The molecule has 1 aliphatic carbocycles. The lowest BCUT2D eigenvalue weighted by atomic mass is 9.86. The van der Waals surface area contributed by atoms with Gasteiger partial charge >= 0.3 is 12.0 Å². The molecule has 186 valence electrons. The number of allylic oxidation sites excluding steroid dienone is 1. The molecule has 3 N–H and O–H groups in total. The van der Waals surface area contributed by atoms with Gasteiger partial charge < -0.3 is 10.5 Å². The topological polar surface area (TPSA) is 111 Å². The van der Waals surface area contributed by atoms with Crippen molar-refractivity contribution in [2.45, 2.75) is 39.2 Å². The number of pyridine rings is 1. The molecule has 0 spiro atoms. The average molecular weight is 526 g/mol. The van der Waals surface area contributed by atoms with Crippen LogP contribution in [0.15, 0.2) is 42.5 Å². The normalized spacial score (nSPS) is 15.0. The number of amides is 3. The number of carbonyl (C=O) groups excluding carboxylic acids is 3. The maximum Gasteiger partial charge on any atom is 0.339 e. The lowest BCUT2D eigenvalue weighted by molar-refractivity contribution is -0.130. The number of rotatable bonds is 5. The molecule has 1 aliphatic rings. The van der Waals surface area contributed by atoms with E-state index in [0.29, 0.717) is 38.6 Å². The van der Waals surface area contributed by atoms with Gasteiger partial charge in [-0.15, -0.1) is 0 Å². The Hall–Kier alpha value is -3.42. The number of urea groups is 1. The highest BCUT2D eigenvalue weighted by molar-refractivity contribution is 6.43. The number of ether oxygens (including phenoxy) is 1. The summed E-state index contributed by atoms with van der Waals surface area (Å²) in [5.41, 5.74) is 9.18. The van der Waals surface area contributed by atoms with Crippen molar-refractivity contribution in [1.29, 1.82) is 0 Å². The zero-order valence-electron chi connectivity index (χ0n) is 19.8. The van der Waals surface area contributed by atoms with Crippen LogP contribution in [0.3, 0.4) is 0 Å². The van der Waals surface area contributed by atoms with Gasteiger partial charge in [-0.05, 0) is 60.1 Å². The molecule has 0 bridgehead atoms. The number of carbonyl (C=O) groups is 3. The van der Waals surface area contributed by atoms with Crippen molar-refractivity contribution in [3.63, 3.8) is 0 Å². The lowest BCUT2D eigenvalue weighted by Crippen LogP contribution is -2.45. The van der Waals surface area contributed by atoms with E-state index < -0.39 is 29.9 Å². The summed E-state index contributed by atoms with van der Waals surface area (Å²) in [5.74, 6) is -1.82. The van der Waals surface area contributed by atoms with E-state index >= 15 is 0 Å². The fraction of sp³-hybridized carbons (Fsp3) is 0.259. The molecule has 0 aliphatic heterocycles. The number of nitrogens with two attached hydrogens (primary N) is 1. The van der Waals surface area contributed by atoms with Crippen LogP contribution in [0.5, 0.6) is 0 Å². The number of aromatic nitrogens is 1. The van der Waals surface area contributed by atoms with Gasteiger partial charge in [-0.3, -0.25) is 10.1 Å². The molecule has 36 heavy (non-hydrogen) atoms. The molecular weight excluding hydrogens is 501 g/mol. The van der Waals surface area contributed by atoms with E-state index in [0.717, 1.165) is 29.5 Å². The van der Waals surface area contributed by atoms with Gasteiger partial charge in [0.2, 0.25) is 0 Å². The minimum absolute atomic E-state index is 0.357. The largest absolute Gasteiger partial charge is 0.448 e. The number of esters is 1. The molecule has 3 amide bonds. The number of benzene rings is 2. The molecule has 0 saturated carbocycles. The highest BCUT2D eigenvalue weighted by atomic mass is 35.5. The third kappa shape index (κ3) is 5.22. The number of fused-ring (bicyclic) bond motifs is 2. The Morgan fingerprint density at radius 1 is 1.08 bits per heavy atom. The molecular formula is C27H25Cl2N3O4. The Bertz CT molecular complexity index is 1400. The predicted octanol–water partition coefficient (Wildman–Crippen LogP) is 5.79. The van der Waals surface area contributed by atoms with Gasteiger partial charge in [-0.2, -0.15) is 0 Å². The van der Waals surface area contributed by atoms with Crippen LogP contribution in [-0.4, -0.2) is 29.0 Å². The molecule has 2 aromatic carbocycles. The van der Waals surface area contributed by atoms with E-state index in [-0.39, 0.29) is 0 Å². The third-order valence-electron chi connectivity index (χ3n) is 6.03. The second-order valence-electron chi connectivity index (χ2n) is 8.92. The number of imide groups is 1. The standard InChI is InChI=1S/C27H25Cl2N3O4/c1-14(2)24(25(33)32-27(30)35)36-26(34)21-17-9-3-4-12-20(17)31-23-16(8-5-10-18(21)23)13-15-7-6-11-19(28)22(15)29/h3-4,6-7,9,11-14,24H,5,8,10H2,1-2H3,(H3,30,32,33,35)/b16-13+. The number of nitrogens with one attached hydrogen (secondary N) is 1. The fourth-order valence-corrected chi connectivity index (χ4v) is 4.75. The van der Waals surface area contributed by atoms with Crippen molar-refractivity contribution >= 4 is 63.7 Å². The van der Waals surface area contributed by atoms with Crippen molar-refractivity contribution in [2.75, 3.05) is 0 Å². The lowest BCUT2D eigenvalue weighted by Gasteiger charge is -2.25. The summed E-state index contributed by atoms with van der Waals surface area (Å²) in [6.45, 7) is 3.43. The van der Waals surface area contributed by atoms with E-state index in [1.807, 2.05) is 41.7 Å². The van der Waals surface area contributed by atoms with Gasteiger partial charge in [0.15, 0.2) is 6.10 Å². The molecule has 9 heteroatoms. The number of hydrogen-bond donors (Lipinski definition) is 2. The number of primary amides is 1. The Balaban J connectivity index is 1.84. The average Bonchev–Trinajstić information content (AvgIpc) is 2.83. The first-order chi connectivity index (χ1) is 17.2. The Kier molecular flexibility index (Phi) is 7.62. The highest BCUT2D eigenvalue weighted by Crippen LogP contribution is 2.38. The number of para-hydroxylation sites is 1. The smallest absolute Gasteiger partial charge is 0.339 e. The SMILES string of the molecule is CC(C)C(OC(=O)c1c2c(nc3ccccc13)/C(=C/c1cccc(Cl)c1Cl)CCC2)C(=O)NC(N)=O. The molecule has 3 aromatic rings. The zero-order chi connectivity index (χ0) is 26.0. The number of halogens is 2. The van der Waals surface area contributed by atoms with E-state index in [9.17, 15) is 14.4 Å². The molecule has 7 nitrogen and oxygen atoms in total. The van der Waals surface area contributed by atoms with Crippen LogP contribution < -0.4 is 11.1 Å². The van der Waals surface area contributed by atoms with Crippen LogP contribution in [0.1, 0.15) is 53.9 Å². The molecule has 1 aromatic heterocycles. The van der Waals surface area contributed by atoms with Crippen molar-refractivity contribution in [3.8, 4) is 0 Å². The minimum atomic E-state index is -1.20. The van der Waals surface area contributed by atoms with Crippen LogP contribution in [0.25, 0.3) is 22.6 Å². The molecule has 0 saturated heterocycles. The molecule has 0 fully saturated rings. The molecule has 1 atom stereocenters. The summed E-state index contributed by atoms with van der Waals surface area (Å²) in [7, 11) is 0. The molecule has 1 heterocycles. The fourth-order valence-electron chi connectivity index (χ4n) is 4.39. The maximum atomic E-state index is 13.6. The third-order valence-corrected chi connectivity index (χ3v) is 6.86. The van der Waals surface area contributed by atoms with Crippen molar-refractivity contribution < 1.29 is 19.1 Å². The minimum Gasteiger partial charge on any atom is -0.448 e. The van der Waals surface area contributed by atoms with Gasteiger partial charge in [0, 0.05) is 5.39 Å². The molecule has 0 radical (unpaired) electrons. The maximum absolute atomic E-state index is 13.6. The Morgan fingerprint density at radius 2 is 1.83 bits per heavy atom. The summed E-state index contributed by atoms with van der Waals surface area (Å²) in [6, 6.07) is 11.7. The van der Waals surface area contributed by atoms with Crippen LogP contribution in [0.2, 0.25) is 10.0 Å². The first-order valence-electron chi connectivity index (χ1n) is 11.5. The summed E-state index contributed by atoms with van der Waals surface area (Å²) < 4.78 is 5.68. The highest BCUT2D eigenvalue weighted by Gasteiger charge is 2.31. The quantitative estimate of drug-likeness (QED) is 0.409. The first-order valence-corrected chi connectivity index (χ1v) is 12.3. The zero-order valence-corrected chi connectivity index (χ0v) is 21.3. The van der Waals surface area contributed by atoms with Crippen LogP contribution in [-0.2, 0) is 16.0 Å². The van der Waals surface area contributed by atoms with Crippen molar-refractivity contribution in [3.05, 3.63) is 74.9 Å². The van der Waals surface area contributed by atoms with E-state index in [1.54, 1.807) is 26.0 Å². The summed E-state index contributed by atoms with van der Waals surface area (Å²) >= 11 is 12.6. The van der Waals surface area contributed by atoms with Gasteiger partial charge in [-0.1, -0.05) is 67.4 Å². The Morgan fingerprint density at radius 3 is 2.56 bits per heavy atom. The van der Waals surface area contributed by atoms with Gasteiger partial charge in [-0.25, -0.2) is 14.6 Å². The van der Waals surface area contributed by atoms with E-state index in [2.05, 4.69) is 0 Å². The second-order valence-corrected chi connectivity index (χ2v) is 9.71. The molecule has 4 rings (SSSR count). The monoisotopic (exact) mass is 525 g/mol.